The van der Waals surface area contributed by atoms with Crippen molar-refractivity contribution >= 4 is 15.1 Å². The SMILES string of the molecule is C[Si](C)O[C@@]1(CCOc2ccc(F)cc2CCc2ccc(F)c(F)c2)C[C@H](C(C)(C)C)CN1C(=O)OC(C)(C)C. The fraction of sp³-hybridized carbons (Fsp3) is 0.581. The molecule has 2 aromatic carbocycles. The molecule has 1 saturated heterocycles. The lowest BCUT2D eigenvalue weighted by Crippen LogP contribution is -2.53. The summed E-state index contributed by atoms with van der Waals surface area (Å²) in [6.45, 7) is 16.9. The number of carbonyl (C=O) groups excluding carboxylic acids is 1. The van der Waals surface area contributed by atoms with Gasteiger partial charge >= 0.3 is 6.09 Å². The highest BCUT2D eigenvalue weighted by Crippen LogP contribution is 2.45. The molecule has 1 aliphatic heterocycles. The first-order valence-electron chi connectivity index (χ1n) is 13.8. The van der Waals surface area contributed by atoms with E-state index in [1.807, 2.05) is 33.9 Å². The van der Waals surface area contributed by atoms with E-state index in [1.165, 1.54) is 18.2 Å². The second-order valence-corrected chi connectivity index (χ2v) is 14.9. The maximum absolute atomic E-state index is 14.2. The lowest BCUT2D eigenvalue weighted by atomic mass is 9.78. The van der Waals surface area contributed by atoms with Crippen molar-refractivity contribution in [2.75, 3.05) is 13.2 Å². The molecule has 0 saturated carbocycles. The Morgan fingerprint density at radius 3 is 2.30 bits per heavy atom. The number of carbonyl (C=O) groups is 1. The highest BCUT2D eigenvalue weighted by molar-refractivity contribution is 6.48. The van der Waals surface area contributed by atoms with Crippen molar-refractivity contribution in [3.63, 3.8) is 0 Å². The average molecular weight is 579 g/mol. The van der Waals surface area contributed by atoms with Gasteiger partial charge in [0.15, 0.2) is 11.6 Å². The van der Waals surface area contributed by atoms with E-state index in [0.29, 0.717) is 49.1 Å². The fourth-order valence-electron chi connectivity index (χ4n) is 5.03. The second kappa shape index (κ2) is 12.6. The molecule has 1 amide bonds. The van der Waals surface area contributed by atoms with Gasteiger partial charge in [-0.3, -0.25) is 4.90 Å². The molecular weight excluding hydrogens is 535 g/mol. The molecule has 5 nitrogen and oxygen atoms in total. The number of nitrogens with zero attached hydrogens (tertiary/aromatic N) is 1. The number of hydrogen-bond acceptors (Lipinski definition) is 4. The van der Waals surface area contributed by atoms with Crippen LogP contribution in [0.4, 0.5) is 18.0 Å². The Bertz CT molecular complexity index is 1180. The molecule has 1 fully saturated rings. The van der Waals surface area contributed by atoms with E-state index in [9.17, 15) is 18.0 Å². The van der Waals surface area contributed by atoms with Gasteiger partial charge in [-0.1, -0.05) is 26.8 Å². The van der Waals surface area contributed by atoms with Crippen LogP contribution in [0.2, 0.25) is 13.1 Å². The largest absolute Gasteiger partial charge is 0.493 e. The molecule has 1 radical (unpaired) electrons. The third-order valence-electron chi connectivity index (χ3n) is 7.13. The quantitative estimate of drug-likeness (QED) is 0.284. The van der Waals surface area contributed by atoms with Gasteiger partial charge < -0.3 is 13.9 Å². The third-order valence-corrected chi connectivity index (χ3v) is 7.92. The van der Waals surface area contributed by atoms with E-state index < -0.39 is 43.9 Å². The molecule has 9 heteroatoms. The van der Waals surface area contributed by atoms with Crippen LogP contribution < -0.4 is 4.74 Å². The van der Waals surface area contributed by atoms with Gasteiger partial charge in [0.05, 0.1) is 6.61 Å². The van der Waals surface area contributed by atoms with Crippen LogP contribution in [0.1, 0.15) is 65.5 Å². The summed E-state index contributed by atoms with van der Waals surface area (Å²) >= 11 is 0. The summed E-state index contributed by atoms with van der Waals surface area (Å²) in [6, 6.07) is 8.08. The number of halogens is 3. The summed E-state index contributed by atoms with van der Waals surface area (Å²) in [6.07, 6.45) is 1.43. The van der Waals surface area contributed by atoms with Gasteiger partial charge in [0, 0.05) is 13.0 Å². The maximum atomic E-state index is 14.2. The van der Waals surface area contributed by atoms with Gasteiger partial charge in [0.1, 0.15) is 22.9 Å². The molecule has 0 aliphatic carbocycles. The summed E-state index contributed by atoms with van der Waals surface area (Å²) in [5, 5.41) is 0. The van der Waals surface area contributed by atoms with Gasteiger partial charge in [-0.25, -0.2) is 18.0 Å². The van der Waals surface area contributed by atoms with Crippen molar-refractivity contribution in [2.45, 2.75) is 91.6 Å². The van der Waals surface area contributed by atoms with Crippen LogP contribution in [-0.2, 0) is 22.0 Å². The van der Waals surface area contributed by atoms with Crippen LogP contribution in [0, 0.1) is 28.8 Å². The molecule has 0 N–H and O–H groups in total. The zero-order chi connectivity index (χ0) is 29.9. The Balaban J connectivity index is 1.81. The van der Waals surface area contributed by atoms with E-state index in [2.05, 4.69) is 20.8 Å². The van der Waals surface area contributed by atoms with Gasteiger partial charge in [0.2, 0.25) is 9.04 Å². The molecule has 2 aromatic rings. The second-order valence-electron chi connectivity index (χ2n) is 12.9. The van der Waals surface area contributed by atoms with Crippen molar-refractivity contribution in [1.82, 2.24) is 4.90 Å². The summed E-state index contributed by atoms with van der Waals surface area (Å²) < 4.78 is 59.7. The predicted molar refractivity (Wildman–Crippen MR) is 152 cm³/mol. The number of rotatable bonds is 9. The molecule has 0 spiro atoms. The van der Waals surface area contributed by atoms with E-state index >= 15 is 0 Å². The highest BCUT2D eigenvalue weighted by Gasteiger charge is 2.53. The Morgan fingerprint density at radius 1 is 1.00 bits per heavy atom. The van der Waals surface area contributed by atoms with Crippen LogP contribution in [0.3, 0.4) is 0 Å². The topological polar surface area (TPSA) is 48.0 Å². The standard InChI is InChI=1S/C31H43F3NO4Si/c1-29(2,3)23-19-31(39-40(7)8,35(20-23)28(36)38-30(4,5)6)15-16-37-27-14-12-24(32)18-22(27)11-9-21-10-13-25(33)26(34)17-21/h10,12-14,17-18,23H,9,11,15-16,19-20H2,1-8H3/t23-,31-/m0/s1. The minimum atomic E-state index is -1.22. The molecule has 1 heterocycles. The Morgan fingerprint density at radius 2 is 1.70 bits per heavy atom. The Labute approximate surface area is 238 Å². The zero-order valence-electron chi connectivity index (χ0n) is 25.0. The Kier molecular flexibility index (Phi) is 10.0. The van der Waals surface area contributed by atoms with Crippen molar-refractivity contribution in [2.24, 2.45) is 11.3 Å². The van der Waals surface area contributed by atoms with E-state index in [4.69, 9.17) is 13.9 Å². The summed E-state index contributed by atoms with van der Waals surface area (Å²) in [4.78, 5) is 15.2. The van der Waals surface area contributed by atoms with E-state index in [-0.39, 0.29) is 17.9 Å². The number of aryl methyl sites for hydroxylation is 2. The summed E-state index contributed by atoms with van der Waals surface area (Å²) in [7, 11) is -1.22. The number of ether oxygens (including phenoxy) is 2. The molecule has 0 bridgehead atoms. The molecule has 0 aromatic heterocycles. The first-order chi connectivity index (χ1) is 18.5. The van der Waals surface area contributed by atoms with Crippen LogP contribution >= 0.6 is 0 Å². The molecule has 3 rings (SSSR count). The normalized spacial score (nSPS) is 19.8. The summed E-state index contributed by atoms with van der Waals surface area (Å²) in [5.74, 6) is -1.52. The average Bonchev–Trinajstić information content (AvgIpc) is 3.19. The third kappa shape index (κ3) is 8.49. The first-order valence-corrected chi connectivity index (χ1v) is 16.2. The van der Waals surface area contributed by atoms with Gasteiger partial charge in [0.25, 0.3) is 0 Å². The number of hydrogen-bond donors (Lipinski definition) is 0. The van der Waals surface area contributed by atoms with Crippen LogP contribution in [0.25, 0.3) is 0 Å². The fourth-order valence-corrected chi connectivity index (χ4v) is 6.08. The van der Waals surface area contributed by atoms with Crippen molar-refractivity contribution in [3.05, 3.63) is 65.0 Å². The maximum Gasteiger partial charge on any atom is 0.412 e. The predicted octanol–water partition coefficient (Wildman–Crippen LogP) is 7.93. The van der Waals surface area contributed by atoms with Crippen molar-refractivity contribution in [1.29, 1.82) is 0 Å². The lowest BCUT2D eigenvalue weighted by molar-refractivity contribution is -0.0779. The first kappa shape index (κ1) is 32.0. The molecule has 0 unspecified atom stereocenters. The lowest BCUT2D eigenvalue weighted by Gasteiger charge is -2.40. The van der Waals surface area contributed by atoms with Gasteiger partial charge in [-0.15, -0.1) is 0 Å². The molecular formula is C31H43F3NO4Si. The van der Waals surface area contributed by atoms with Crippen LogP contribution in [0.15, 0.2) is 36.4 Å². The molecule has 40 heavy (non-hydrogen) atoms. The van der Waals surface area contributed by atoms with Crippen molar-refractivity contribution < 1.29 is 31.9 Å². The minimum Gasteiger partial charge on any atom is -0.493 e. The van der Waals surface area contributed by atoms with Crippen LogP contribution in [-0.4, -0.2) is 44.5 Å². The highest BCUT2D eigenvalue weighted by atomic mass is 28.3. The Hall–Kier alpha value is -2.52. The molecule has 1 aliphatic rings. The van der Waals surface area contributed by atoms with E-state index in [0.717, 1.165) is 12.1 Å². The monoisotopic (exact) mass is 578 g/mol. The summed E-state index contributed by atoms with van der Waals surface area (Å²) in [5.41, 5.74) is -0.358. The van der Waals surface area contributed by atoms with Gasteiger partial charge in [-0.2, -0.15) is 0 Å². The van der Waals surface area contributed by atoms with Crippen molar-refractivity contribution in [3.8, 4) is 5.75 Å². The number of benzene rings is 2. The molecule has 2 atom stereocenters. The minimum absolute atomic E-state index is 0.0510. The number of likely N-dealkylation sites (tertiary alicyclic amines) is 1. The number of amides is 1. The van der Waals surface area contributed by atoms with E-state index in [1.54, 1.807) is 11.0 Å². The van der Waals surface area contributed by atoms with Gasteiger partial charge in [-0.05, 0) is 106 Å². The smallest absolute Gasteiger partial charge is 0.412 e. The van der Waals surface area contributed by atoms with Crippen LogP contribution in [0.5, 0.6) is 5.75 Å². The molecule has 221 valence electrons. The zero-order valence-corrected chi connectivity index (χ0v) is 26.0.